The number of aryl methyl sites for hydroxylation is 2. The standard InChI is InChI=1S/C21H26N2O5S/c1-6-23(7-2)29(26,27)19-13-16(10-9-15(19)4)20(24)22-18-12-17(21(25)28-5)11-8-14(18)3/h8-13H,6-7H2,1-5H3,(H,22,24). The molecule has 7 nitrogen and oxygen atoms in total. The first-order valence-electron chi connectivity index (χ1n) is 9.26. The van der Waals surface area contributed by atoms with Crippen LogP contribution in [0.1, 0.15) is 45.7 Å². The van der Waals surface area contributed by atoms with Gasteiger partial charge in [0.15, 0.2) is 0 Å². The Bertz CT molecular complexity index is 1030. The summed E-state index contributed by atoms with van der Waals surface area (Å²) in [7, 11) is -2.42. The maximum absolute atomic E-state index is 12.9. The third kappa shape index (κ3) is 4.83. The van der Waals surface area contributed by atoms with E-state index in [1.165, 1.54) is 23.5 Å². The van der Waals surface area contributed by atoms with Gasteiger partial charge >= 0.3 is 5.97 Å². The average molecular weight is 419 g/mol. The fourth-order valence-electron chi connectivity index (χ4n) is 2.92. The van der Waals surface area contributed by atoms with E-state index < -0.39 is 21.9 Å². The van der Waals surface area contributed by atoms with Gasteiger partial charge in [-0.1, -0.05) is 26.0 Å². The van der Waals surface area contributed by atoms with Gasteiger partial charge in [-0.3, -0.25) is 4.79 Å². The van der Waals surface area contributed by atoms with Crippen LogP contribution < -0.4 is 5.32 Å². The normalized spacial score (nSPS) is 11.4. The Balaban J connectivity index is 2.40. The van der Waals surface area contributed by atoms with Crippen molar-refractivity contribution in [1.82, 2.24) is 4.31 Å². The van der Waals surface area contributed by atoms with Gasteiger partial charge in [-0.15, -0.1) is 0 Å². The summed E-state index contributed by atoms with van der Waals surface area (Å²) in [6, 6.07) is 9.41. The Morgan fingerprint density at radius 3 is 2.14 bits per heavy atom. The molecule has 0 atom stereocenters. The molecule has 0 aliphatic heterocycles. The van der Waals surface area contributed by atoms with Crippen LogP contribution in [0, 0.1) is 13.8 Å². The van der Waals surface area contributed by atoms with Crippen molar-refractivity contribution in [1.29, 1.82) is 0 Å². The van der Waals surface area contributed by atoms with Crippen LogP contribution >= 0.6 is 0 Å². The molecule has 0 aromatic heterocycles. The number of hydrogen-bond donors (Lipinski definition) is 1. The Hall–Kier alpha value is -2.71. The minimum absolute atomic E-state index is 0.105. The average Bonchev–Trinajstić information content (AvgIpc) is 2.69. The molecule has 2 rings (SSSR count). The van der Waals surface area contributed by atoms with Crippen molar-refractivity contribution in [2.24, 2.45) is 0 Å². The van der Waals surface area contributed by atoms with Gasteiger partial charge in [-0.05, 0) is 49.2 Å². The minimum Gasteiger partial charge on any atom is -0.465 e. The molecule has 0 fully saturated rings. The van der Waals surface area contributed by atoms with Gasteiger partial charge in [0.2, 0.25) is 10.0 Å². The molecule has 0 saturated heterocycles. The van der Waals surface area contributed by atoms with Crippen LogP contribution in [0.3, 0.4) is 0 Å². The van der Waals surface area contributed by atoms with Crippen LogP contribution in [-0.2, 0) is 14.8 Å². The summed E-state index contributed by atoms with van der Waals surface area (Å²) in [5.41, 5.74) is 2.30. The molecule has 2 aromatic carbocycles. The third-order valence-corrected chi connectivity index (χ3v) is 6.87. The summed E-state index contributed by atoms with van der Waals surface area (Å²) < 4.78 is 31.9. The summed E-state index contributed by atoms with van der Waals surface area (Å²) in [6.45, 7) is 7.71. The van der Waals surface area contributed by atoms with Gasteiger partial charge in [-0.2, -0.15) is 4.31 Å². The van der Waals surface area contributed by atoms with Gasteiger partial charge < -0.3 is 10.1 Å². The summed E-state index contributed by atoms with van der Waals surface area (Å²) in [5.74, 6) is -0.977. The van der Waals surface area contributed by atoms with Crippen molar-refractivity contribution in [3.8, 4) is 0 Å². The van der Waals surface area contributed by atoms with Crippen molar-refractivity contribution in [3.63, 3.8) is 0 Å². The van der Waals surface area contributed by atoms with Gasteiger partial charge in [0.25, 0.3) is 5.91 Å². The van der Waals surface area contributed by atoms with E-state index in [1.807, 2.05) is 0 Å². The first-order chi connectivity index (χ1) is 13.6. The summed E-state index contributed by atoms with van der Waals surface area (Å²) >= 11 is 0. The maximum atomic E-state index is 12.9. The monoisotopic (exact) mass is 418 g/mol. The second kappa shape index (κ2) is 9.19. The van der Waals surface area contributed by atoms with E-state index in [-0.39, 0.29) is 10.5 Å². The number of ether oxygens (including phenoxy) is 1. The second-order valence-electron chi connectivity index (χ2n) is 6.55. The molecule has 2 aromatic rings. The first kappa shape index (κ1) is 22.6. The Labute approximate surface area is 171 Å². The number of nitrogens with one attached hydrogen (secondary N) is 1. The van der Waals surface area contributed by atoms with Crippen molar-refractivity contribution in [3.05, 3.63) is 58.7 Å². The van der Waals surface area contributed by atoms with E-state index in [9.17, 15) is 18.0 Å². The number of amides is 1. The molecule has 1 N–H and O–H groups in total. The number of sulfonamides is 1. The molecule has 0 aliphatic rings. The number of methoxy groups -OCH3 is 1. The third-order valence-electron chi connectivity index (χ3n) is 4.68. The van der Waals surface area contributed by atoms with E-state index in [1.54, 1.807) is 52.0 Å². The van der Waals surface area contributed by atoms with Crippen LogP contribution in [0.4, 0.5) is 5.69 Å². The molecule has 0 unspecified atom stereocenters. The molecule has 156 valence electrons. The maximum Gasteiger partial charge on any atom is 0.337 e. The molecule has 0 saturated carbocycles. The van der Waals surface area contributed by atoms with Crippen molar-refractivity contribution >= 4 is 27.6 Å². The molecular weight excluding hydrogens is 392 g/mol. The second-order valence-corrected chi connectivity index (χ2v) is 8.45. The minimum atomic E-state index is -3.70. The molecule has 29 heavy (non-hydrogen) atoms. The highest BCUT2D eigenvalue weighted by Gasteiger charge is 2.25. The number of benzene rings is 2. The quantitative estimate of drug-likeness (QED) is 0.696. The van der Waals surface area contributed by atoms with Gasteiger partial charge in [0.05, 0.1) is 17.6 Å². The Morgan fingerprint density at radius 1 is 0.966 bits per heavy atom. The fraction of sp³-hybridized carbons (Fsp3) is 0.333. The predicted octanol–water partition coefficient (Wildman–Crippen LogP) is 3.37. The van der Waals surface area contributed by atoms with Crippen molar-refractivity contribution in [2.45, 2.75) is 32.6 Å². The number of carbonyl (C=O) groups is 2. The number of rotatable bonds is 7. The van der Waals surface area contributed by atoms with Gasteiger partial charge in [0, 0.05) is 24.3 Å². The van der Waals surface area contributed by atoms with E-state index in [0.717, 1.165) is 5.56 Å². The van der Waals surface area contributed by atoms with Crippen LogP contribution in [0.25, 0.3) is 0 Å². The summed E-state index contributed by atoms with van der Waals surface area (Å²) in [6.07, 6.45) is 0. The number of nitrogens with zero attached hydrogens (tertiary/aromatic N) is 1. The highest BCUT2D eigenvalue weighted by Crippen LogP contribution is 2.23. The number of esters is 1. The zero-order chi connectivity index (χ0) is 21.8. The molecule has 0 heterocycles. The lowest BCUT2D eigenvalue weighted by molar-refractivity contribution is 0.0600. The number of hydrogen-bond acceptors (Lipinski definition) is 5. The number of carbonyl (C=O) groups excluding carboxylic acids is 2. The largest absolute Gasteiger partial charge is 0.465 e. The highest BCUT2D eigenvalue weighted by atomic mass is 32.2. The number of anilines is 1. The zero-order valence-electron chi connectivity index (χ0n) is 17.3. The van der Waals surface area contributed by atoms with Gasteiger partial charge in [-0.25, -0.2) is 13.2 Å². The Kier molecular flexibility index (Phi) is 7.16. The summed E-state index contributed by atoms with van der Waals surface area (Å²) in [5, 5.41) is 2.75. The van der Waals surface area contributed by atoms with Crippen LogP contribution in [0.15, 0.2) is 41.3 Å². The van der Waals surface area contributed by atoms with Crippen LogP contribution in [0.5, 0.6) is 0 Å². The lowest BCUT2D eigenvalue weighted by atomic mass is 10.1. The lowest BCUT2D eigenvalue weighted by Crippen LogP contribution is -2.31. The zero-order valence-corrected chi connectivity index (χ0v) is 18.1. The molecule has 1 amide bonds. The highest BCUT2D eigenvalue weighted by molar-refractivity contribution is 7.89. The van der Waals surface area contributed by atoms with E-state index in [0.29, 0.717) is 29.9 Å². The van der Waals surface area contributed by atoms with Crippen molar-refractivity contribution in [2.75, 3.05) is 25.5 Å². The van der Waals surface area contributed by atoms with Crippen LogP contribution in [0.2, 0.25) is 0 Å². The molecule has 8 heteroatoms. The molecular formula is C21H26N2O5S. The molecule has 0 radical (unpaired) electrons. The fourth-order valence-corrected chi connectivity index (χ4v) is 4.63. The molecule has 0 bridgehead atoms. The van der Waals surface area contributed by atoms with E-state index in [2.05, 4.69) is 5.32 Å². The molecule has 0 spiro atoms. The predicted molar refractivity (Wildman–Crippen MR) is 112 cm³/mol. The van der Waals surface area contributed by atoms with E-state index in [4.69, 9.17) is 4.74 Å². The van der Waals surface area contributed by atoms with E-state index >= 15 is 0 Å². The molecule has 0 aliphatic carbocycles. The first-order valence-corrected chi connectivity index (χ1v) is 10.7. The van der Waals surface area contributed by atoms with Gasteiger partial charge in [0.1, 0.15) is 0 Å². The summed E-state index contributed by atoms with van der Waals surface area (Å²) in [4.78, 5) is 24.6. The smallest absolute Gasteiger partial charge is 0.337 e. The Morgan fingerprint density at radius 2 is 1.55 bits per heavy atom. The van der Waals surface area contributed by atoms with Crippen molar-refractivity contribution < 1.29 is 22.7 Å². The SMILES string of the molecule is CCN(CC)S(=O)(=O)c1cc(C(=O)Nc2cc(C(=O)OC)ccc2C)ccc1C. The topological polar surface area (TPSA) is 92.8 Å². The lowest BCUT2D eigenvalue weighted by Gasteiger charge is -2.20. The van der Waals surface area contributed by atoms with Crippen LogP contribution in [-0.4, -0.2) is 44.8 Å².